The number of piperidine rings is 1. The number of alkyl halides is 3. The predicted octanol–water partition coefficient (Wildman–Crippen LogP) is 2.00. The summed E-state index contributed by atoms with van der Waals surface area (Å²) >= 11 is 0. The van der Waals surface area contributed by atoms with E-state index in [1.54, 1.807) is 21.9 Å². The van der Waals surface area contributed by atoms with Gasteiger partial charge in [-0.3, -0.25) is 9.36 Å². The van der Waals surface area contributed by atoms with Crippen molar-refractivity contribution in [2.24, 2.45) is 5.92 Å². The molecule has 0 radical (unpaired) electrons. The highest BCUT2D eigenvalue weighted by atomic mass is 19.4. The topological polar surface area (TPSA) is 58.4 Å². The first-order valence-corrected chi connectivity index (χ1v) is 8.20. The molecular weight excluding hydrogens is 323 g/mol. The van der Waals surface area contributed by atoms with Gasteiger partial charge in [0.15, 0.2) is 6.10 Å². The minimum atomic E-state index is -4.58. The summed E-state index contributed by atoms with van der Waals surface area (Å²) in [7, 11) is 0. The van der Waals surface area contributed by atoms with Crippen LogP contribution in [0.15, 0.2) is 17.2 Å². The first kappa shape index (κ1) is 18.9. The monoisotopic (exact) mass is 347 g/mol. The lowest BCUT2D eigenvalue weighted by atomic mass is 9.96. The number of aliphatic hydroxyl groups is 1. The maximum atomic E-state index is 12.4. The Morgan fingerprint density at radius 2 is 1.96 bits per heavy atom. The quantitative estimate of drug-likeness (QED) is 0.885. The second-order valence-electron chi connectivity index (χ2n) is 6.76. The third-order valence-corrected chi connectivity index (χ3v) is 4.46. The van der Waals surface area contributed by atoms with E-state index in [0.717, 1.165) is 5.69 Å². The van der Waals surface area contributed by atoms with E-state index in [9.17, 15) is 18.0 Å². The molecule has 1 aliphatic rings. The number of halogens is 3. The number of nitrogens with zero attached hydrogens (tertiary/aromatic N) is 3. The van der Waals surface area contributed by atoms with Crippen LogP contribution in [0.4, 0.5) is 13.2 Å². The summed E-state index contributed by atoms with van der Waals surface area (Å²) in [6.45, 7) is 5.06. The Morgan fingerprint density at radius 3 is 2.46 bits per heavy atom. The third-order valence-electron chi connectivity index (χ3n) is 4.46. The lowest BCUT2D eigenvalue weighted by molar-refractivity contribution is -0.208. The van der Waals surface area contributed by atoms with Gasteiger partial charge in [0.25, 0.3) is 5.56 Å². The van der Waals surface area contributed by atoms with Crippen molar-refractivity contribution >= 4 is 0 Å². The van der Waals surface area contributed by atoms with Gasteiger partial charge in [0, 0.05) is 19.2 Å². The van der Waals surface area contributed by atoms with E-state index in [-0.39, 0.29) is 23.9 Å². The van der Waals surface area contributed by atoms with Crippen LogP contribution in [0.25, 0.3) is 0 Å². The molecule has 1 aliphatic heterocycles. The number of likely N-dealkylation sites (tertiary alicyclic amines) is 1. The van der Waals surface area contributed by atoms with Crippen molar-refractivity contribution in [2.45, 2.75) is 51.4 Å². The van der Waals surface area contributed by atoms with E-state index in [4.69, 9.17) is 5.11 Å². The molecule has 1 aromatic heterocycles. The molecule has 0 aromatic carbocycles. The van der Waals surface area contributed by atoms with Gasteiger partial charge in [-0.25, -0.2) is 4.98 Å². The average molecular weight is 347 g/mol. The van der Waals surface area contributed by atoms with Crippen molar-refractivity contribution in [2.75, 3.05) is 19.6 Å². The van der Waals surface area contributed by atoms with E-state index < -0.39 is 12.3 Å². The molecule has 2 heterocycles. The van der Waals surface area contributed by atoms with E-state index >= 15 is 0 Å². The molecule has 0 spiro atoms. The molecule has 2 rings (SSSR count). The predicted molar refractivity (Wildman–Crippen MR) is 83.8 cm³/mol. The van der Waals surface area contributed by atoms with Gasteiger partial charge in [-0.2, -0.15) is 13.2 Å². The van der Waals surface area contributed by atoms with Crippen LogP contribution in [-0.4, -0.2) is 51.5 Å². The molecule has 0 aliphatic carbocycles. The van der Waals surface area contributed by atoms with E-state index in [0.29, 0.717) is 32.5 Å². The Bertz CT molecular complexity index is 593. The van der Waals surface area contributed by atoms with Gasteiger partial charge in [-0.05, 0) is 37.8 Å². The average Bonchev–Trinajstić information content (AvgIpc) is 2.50. The zero-order chi connectivity index (χ0) is 17.9. The van der Waals surface area contributed by atoms with Gasteiger partial charge < -0.3 is 10.0 Å². The van der Waals surface area contributed by atoms with Crippen LogP contribution in [0.5, 0.6) is 0 Å². The lowest BCUT2D eigenvalue weighted by Crippen LogP contribution is -2.44. The fraction of sp³-hybridized carbons (Fsp3) is 0.750. The highest BCUT2D eigenvalue weighted by Gasteiger charge is 2.39. The van der Waals surface area contributed by atoms with Crippen molar-refractivity contribution in [1.82, 2.24) is 14.5 Å². The van der Waals surface area contributed by atoms with E-state index in [1.165, 1.54) is 0 Å². The smallest absolute Gasteiger partial charge is 0.382 e. The first-order valence-electron chi connectivity index (χ1n) is 8.20. The number of aliphatic hydroxyl groups excluding tert-OH is 1. The first-order chi connectivity index (χ1) is 11.2. The summed E-state index contributed by atoms with van der Waals surface area (Å²) in [6, 6.07) is 1.54. The van der Waals surface area contributed by atoms with Gasteiger partial charge in [-0.15, -0.1) is 0 Å². The molecule has 5 nitrogen and oxygen atoms in total. The van der Waals surface area contributed by atoms with E-state index in [1.807, 2.05) is 13.8 Å². The molecule has 1 saturated heterocycles. The summed E-state index contributed by atoms with van der Waals surface area (Å²) < 4.78 is 38.7. The van der Waals surface area contributed by atoms with Crippen molar-refractivity contribution < 1.29 is 18.3 Å². The minimum Gasteiger partial charge on any atom is -0.382 e. The van der Waals surface area contributed by atoms with Gasteiger partial charge in [0.2, 0.25) is 0 Å². The molecular formula is C16H24F3N3O2. The molecule has 0 bridgehead atoms. The highest BCUT2D eigenvalue weighted by molar-refractivity contribution is 5.04. The fourth-order valence-corrected chi connectivity index (χ4v) is 2.87. The number of β-amino-alcohol motifs (C(OH)–C–C–N with tert-alkyl or cyclic N) is 1. The van der Waals surface area contributed by atoms with Crippen molar-refractivity contribution in [3.05, 3.63) is 28.4 Å². The number of aromatic nitrogens is 2. The second-order valence-corrected chi connectivity index (χ2v) is 6.76. The zero-order valence-electron chi connectivity index (χ0n) is 14.0. The summed E-state index contributed by atoms with van der Waals surface area (Å²) in [6.07, 6.45) is -3.93. The zero-order valence-corrected chi connectivity index (χ0v) is 14.0. The molecule has 136 valence electrons. The standard InChI is InChI=1S/C16H24F3N3O2/c1-11(2)13-7-15(24)22(10-20-13)8-12-3-5-21(6-4-12)9-14(23)16(17,18)19/h7,10-12,14,23H,3-6,8-9H2,1-2H3. The molecule has 1 aromatic rings. The Hall–Kier alpha value is -1.41. The van der Waals surface area contributed by atoms with Gasteiger partial charge >= 0.3 is 6.18 Å². The van der Waals surface area contributed by atoms with Crippen LogP contribution >= 0.6 is 0 Å². The third kappa shape index (κ3) is 5.04. The summed E-state index contributed by atoms with van der Waals surface area (Å²) in [5, 5.41) is 9.13. The SMILES string of the molecule is CC(C)c1cc(=O)n(CC2CCN(CC(O)C(F)(F)F)CC2)cn1. The fourth-order valence-electron chi connectivity index (χ4n) is 2.87. The molecule has 0 saturated carbocycles. The van der Waals surface area contributed by atoms with Crippen LogP contribution in [0.1, 0.15) is 38.3 Å². The molecule has 1 fully saturated rings. The van der Waals surface area contributed by atoms with Gasteiger partial charge in [0.05, 0.1) is 12.0 Å². The second kappa shape index (κ2) is 7.65. The number of rotatable bonds is 5. The van der Waals surface area contributed by atoms with Crippen molar-refractivity contribution in [1.29, 1.82) is 0 Å². The summed E-state index contributed by atoms with van der Waals surface area (Å²) in [4.78, 5) is 18.0. The van der Waals surface area contributed by atoms with Crippen molar-refractivity contribution in [3.63, 3.8) is 0 Å². The number of hydrogen-bond donors (Lipinski definition) is 1. The largest absolute Gasteiger partial charge is 0.415 e. The maximum Gasteiger partial charge on any atom is 0.415 e. The van der Waals surface area contributed by atoms with Crippen LogP contribution in [0.2, 0.25) is 0 Å². The van der Waals surface area contributed by atoms with E-state index in [2.05, 4.69) is 4.98 Å². The molecule has 1 N–H and O–H groups in total. The Labute approximate surface area is 139 Å². The maximum absolute atomic E-state index is 12.4. The normalized spacial score (nSPS) is 19.0. The van der Waals surface area contributed by atoms with Crippen LogP contribution < -0.4 is 5.56 Å². The molecule has 1 atom stereocenters. The molecule has 1 unspecified atom stereocenters. The Balaban J connectivity index is 1.86. The van der Waals surface area contributed by atoms with Crippen molar-refractivity contribution in [3.8, 4) is 0 Å². The lowest BCUT2D eigenvalue weighted by Gasteiger charge is -2.33. The molecule has 24 heavy (non-hydrogen) atoms. The van der Waals surface area contributed by atoms with Gasteiger partial charge in [-0.1, -0.05) is 13.8 Å². The summed E-state index contributed by atoms with van der Waals surface area (Å²) in [5.74, 6) is 0.421. The summed E-state index contributed by atoms with van der Waals surface area (Å²) in [5.41, 5.74) is 0.663. The molecule has 8 heteroatoms. The minimum absolute atomic E-state index is 0.0939. The van der Waals surface area contributed by atoms with Crippen LogP contribution in [-0.2, 0) is 6.54 Å². The van der Waals surface area contributed by atoms with Crippen LogP contribution in [0, 0.1) is 5.92 Å². The highest BCUT2D eigenvalue weighted by Crippen LogP contribution is 2.24. The van der Waals surface area contributed by atoms with Crippen LogP contribution in [0.3, 0.4) is 0 Å². The number of hydrogen-bond acceptors (Lipinski definition) is 4. The molecule has 0 amide bonds. The Morgan fingerprint density at radius 1 is 1.33 bits per heavy atom. The Kier molecular flexibility index (Phi) is 6.03. The van der Waals surface area contributed by atoms with Gasteiger partial charge in [0.1, 0.15) is 0 Å².